The van der Waals surface area contributed by atoms with Crippen LogP contribution in [0.3, 0.4) is 0 Å². The van der Waals surface area contributed by atoms with Gasteiger partial charge in [0.2, 0.25) is 11.8 Å². The molecule has 1 aromatic carbocycles. The average molecular weight is 450 g/mol. The zero-order chi connectivity index (χ0) is 23.8. The predicted molar refractivity (Wildman–Crippen MR) is 117 cm³/mol. The highest BCUT2D eigenvalue weighted by molar-refractivity contribution is 5.77. The molecule has 0 spiro atoms. The molecule has 0 radical (unpaired) electrons. The molecule has 0 fully saturated rings. The number of ether oxygens (including phenoxy) is 1. The van der Waals surface area contributed by atoms with E-state index in [2.05, 4.69) is 0 Å². The van der Waals surface area contributed by atoms with Crippen LogP contribution in [-0.4, -0.2) is 18.3 Å². The number of rotatable bonds is 1. The number of hydrogen-bond donors (Lipinski definition) is 0. The largest absolute Gasteiger partial charge is 0.464 e. The maximum absolute atomic E-state index is 13.5. The molecule has 1 aliphatic heterocycles. The van der Waals surface area contributed by atoms with E-state index in [9.17, 15) is 24.0 Å². The topological polar surface area (TPSA) is 127 Å². The minimum atomic E-state index is -1.24. The van der Waals surface area contributed by atoms with Crippen LogP contribution in [-0.2, 0) is 28.2 Å². The molecule has 5 rings (SSSR count). The van der Waals surface area contributed by atoms with E-state index >= 15 is 0 Å². The molecule has 0 aliphatic carbocycles. The van der Waals surface area contributed by atoms with Crippen molar-refractivity contribution in [1.82, 2.24) is 18.3 Å². The Morgan fingerprint density at radius 1 is 0.727 bits per heavy atom. The molecular weight excluding hydrogens is 432 g/mol. The summed E-state index contributed by atoms with van der Waals surface area (Å²) >= 11 is 0. The first-order valence-corrected chi connectivity index (χ1v) is 9.93. The third kappa shape index (κ3) is 2.59. The molecule has 0 amide bonds. The fourth-order valence-electron chi connectivity index (χ4n) is 4.28. The normalized spacial score (nSPS) is 13.0. The summed E-state index contributed by atoms with van der Waals surface area (Å²) in [5, 5.41) is 0.257. The van der Waals surface area contributed by atoms with Gasteiger partial charge in [0.25, 0.3) is 11.1 Å². The van der Waals surface area contributed by atoms with Crippen LogP contribution in [0, 0.1) is 0 Å². The zero-order valence-electron chi connectivity index (χ0n) is 18.1. The molecule has 11 nitrogen and oxygen atoms in total. The van der Waals surface area contributed by atoms with E-state index in [0.717, 1.165) is 18.3 Å². The predicted octanol–water partition coefficient (Wildman–Crippen LogP) is -0.126. The Morgan fingerprint density at radius 2 is 1.24 bits per heavy atom. The van der Waals surface area contributed by atoms with E-state index in [-0.39, 0.29) is 33.8 Å². The summed E-state index contributed by atoms with van der Waals surface area (Å²) in [4.78, 5) is 65.1. The van der Waals surface area contributed by atoms with Gasteiger partial charge in [0.15, 0.2) is 5.43 Å². The summed E-state index contributed by atoms with van der Waals surface area (Å²) < 4.78 is 15.4. The van der Waals surface area contributed by atoms with E-state index in [1.54, 1.807) is 24.3 Å². The first-order chi connectivity index (χ1) is 15.6. The van der Waals surface area contributed by atoms with E-state index in [1.165, 1.54) is 34.5 Å². The molecule has 0 unspecified atom stereocenters. The molecule has 1 aliphatic rings. The summed E-state index contributed by atoms with van der Waals surface area (Å²) in [6.07, 6.45) is 1.20. The summed E-state index contributed by atoms with van der Waals surface area (Å²) in [6, 6.07) is 6.57. The quantitative estimate of drug-likeness (QED) is 0.348. The Kier molecular flexibility index (Phi) is 4.22. The van der Waals surface area contributed by atoms with Crippen molar-refractivity contribution >= 4 is 11.0 Å². The van der Waals surface area contributed by atoms with Crippen molar-refractivity contribution in [1.29, 1.82) is 0 Å². The summed E-state index contributed by atoms with van der Waals surface area (Å²) in [5.41, 5.74) is -3.06. The molecule has 0 bridgehead atoms. The van der Waals surface area contributed by atoms with Gasteiger partial charge >= 0.3 is 11.4 Å². The Bertz CT molecular complexity index is 1710. The fraction of sp³-hybridized carbons (Fsp3) is 0.227. The van der Waals surface area contributed by atoms with E-state index in [1.807, 2.05) is 0 Å². The number of aromatic nitrogens is 4. The molecule has 4 aromatic rings. The second-order valence-corrected chi connectivity index (χ2v) is 7.90. The van der Waals surface area contributed by atoms with Crippen molar-refractivity contribution in [2.45, 2.75) is 5.92 Å². The molecule has 3 aromatic heterocycles. The van der Waals surface area contributed by atoms with Crippen molar-refractivity contribution in [3.8, 4) is 11.8 Å². The van der Waals surface area contributed by atoms with Gasteiger partial charge in [-0.1, -0.05) is 12.1 Å². The van der Waals surface area contributed by atoms with Gasteiger partial charge in [0, 0.05) is 33.8 Å². The molecule has 0 saturated carbocycles. The van der Waals surface area contributed by atoms with Crippen LogP contribution in [0.5, 0.6) is 11.8 Å². The van der Waals surface area contributed by atoms with Crippen LogP contribution in [0.25, 0.3) is 11.0 Å². The highest BCUT2D eigenvalue weighted by Gasteiger charge is 2.40. The SMILES string of the molecule is Cn1c2c(c(=O)n(C)c1=O)C(c1coc3ccccc3c1=O)c1c(n(C)c(=O)n(C)c1=O)O2. The summed E-state index contributed by atoms with van der Waals surface area (Å²) in [5.74, 6) is -1.55. The van der Waals surface area contributed by atoms with Gasteiger partial charge in [-0.05, 0) is 12.1 Å². The highest BCUT2D eigenvalue weighted by Crippen LogP contribution is 2.42. The van der Waals surface area contributed by atoms with Gasteiger partial charge in [0.1, 0.15) is 5.58 Å². The maximum atomic E-state index is 13.5. The molecule has 4 heterocycles. The molecule has 0 N–H and O–H groups in total. The van der Waals surface area contributed by atoms with E-state index in [4.69, 9.17) is 9.15 Å². The van der Waals surface area contributed by atoms with Gasteiger partial charge in [-0.3, -0.25) is 32.7 Å². The van der Waals surface area contributed by atoms with Crippen LogP contribution < -0.4 is 32.7 Å². The Balaban J connectivity index is 2.02. The van der Waals surface area contributed by atoms with Gasteiger partial charge in [0.05, 0.1) is 28.7 Å². The second kappa shape index (κ2) is 6.79. The van der Waals surface area contributed by atoms with Crippen molar-refractivity contribution < 1.29 is 9.15 Å². The fourth-order valence-corrected chi connectivity index (χ4v) is 4.28. The maximum Gasteiger partial charge on any atom is 0.333 e. The second-order valence-electron chi connectivity index (χ2n) is 7.90. The number of nitrogens with zero attached hydrogens (tertiary/aromatic N) is 4. The van der Waals surface area contributed by atoms with Crippen molar-refractivity contribution in [2.24, 2.45) is 28.2 Å². The van der Waals surface area contributed by atoms with Crippen molar-refractivity contribution in [2.75, 3.05) is 0 Å². The Morgan fingerprint density at radius 3 is 1.79 bits per heavy atom. The van der Waals surface area contributed by atoms with Crippen LogP contribution in [0.1, 0.15) is 22.6 Å². The highest BCUT2D eigenvalue weighted by atomic mass is 16.5. The first-order valence-electron chi connectivity index (χ1n) is 9.93. The number of fused-ring (bicyclic) bond motifs is 3. The Hall–Kier alpha value is -4.41. The molecule has 11 heteroatoms. The lowest BCUT2D eigenvalue weighted by Gasteiger charge is -2.29. The van der Waals surface area contributed by atoms with Gasteiger partial charge in [-0.15, -0.1) is 0 Å². The van der Waals surface area contributed by atoms with Crippen LogP contribution in [0.2, 0.25) is 0 Å². The monoisotopic (exact) mass is 450 g/mol. The number of para-hydroxylation sites is 1. The van der Waals surface area contributed by atoms with Crippen LogP contribution >= 0.6 is 0 Å². The van der Waals surface area contributed by atoms with Crippen LogP contribution in [0.15, 0.2) is 58.9 Å². The number of benzene rings is 1. The third-order valence-electron chi connectivity index (χ3n) is 6.08. The lowest BCUT2D eigenvalue weighted by molar-refractivity contribution is 0.353. The van der Waals surface area contributed by atoms with Gasteiger partial charge in [-0.25, -0.2) is 9.59 Å². The number of hydrogen-bond acceptors (Lipinski definition) is 7. The standard InChI is InChI=1S/C22H18N4O7/c1-23-17(28)14-13(11-9-32-12-8-6-5-7-10(12)16(11)27)15-18(29)24(2)22(31)26(4)20(15)33-19(14)25(3)21(23)30/h5-9,13H,1-4H3. The average Bonchev–Trinajstić information content (AvgIpc) is 2.82. The summed E-state index contributed by atoms with van der Waals surface area (Å²) in [6.45, 7) is 0. The molecule has 168 valence electrons. The molecule has 0 saturated heterocycles. The zero-order valence-corrected chi connectivity index (χ0v) is 18.1. The van der Waals surface area contributed by atoms with Gasteiger partial charge < -0.3 is 9.15 Å². The smallest absolute Gasteiger partial charge is 0.333 e. The molecule has 33 heavy (non-hydrogen) atoms. The molecule has 0 atom stereocenters. The lowest BCUT2D eigenvalue weighted by Crippen LogP contribution is -2.46. The molecular formula is C22H18N4O7. The van der Waals surface area contributed by atoms with Crippen LogP contribution in [0.4, 0.5) is 0 Å². The summed E-state index contributed by atoms with van der Waals surface area (Å²) in [7, 11) is 5.37. The van der Waals surface area contributed by atoms with E-state index < -0.39 is 33.8 Å². The van der Waals surface area contributed by atoms with Gasteiger partial charge in [-0.2, -0.15) is 0 Å². The first kappa shape index (κ1) is 20.5. The minimum Gasteiger partial charge on any atom is -0.464 e. The Labute approximate surface area is 183 Å². The lowest BCUT2D eigenvalue weighted by atomic mass is 9.85. The third-order valence-corrected chi connectivity index (χ3v) is 6.08. The van der Waals surface area contributed by atoms with Crippen molar-refractivity contribution in [3.05, 3.63) is 99.1 Å². The minimum absolute atomic E-state index is 0.00555. The van der Waals surface area contributed by atoms with E-state index in [0.29, 0.717) is 5.58 Å². The van der Waals surface area contributed by atoms with Crippen molar-refractivity contribution in [3.63, 3.8) is 0 Å².